The molecule has 0 atom stereocenters. The summed E-state index contributed by atoms with van der Waals surface area (Å²) in [6.45, 7) is 5.06. The Morgan fingerprint density at radius 3 is 2.71 bits per heavy atom. The van der Waals surface area contributed by atoms with E-state index in [1.54, 1.807) is 13.3 Å². The zero-order valence-corrected chi connectivity index (χ0v) is 20.4. The fourth-order valence-electron chi connectivity index (χ4n) is 5.16. The van der Waals surface area contributed by atoms with Gasteiger partial charge in [-0.05, 0) is 61.1 Å². The van der Waals surface area contributed by atoms with E-state index in [1.165, 1.54) is 34.2 Å². The number of nitrogens with zero attached hydrogens (tertiary/aromatic N) is 5. The summed E-state index contributed by atoms with van der Waals surface area (Å²) < 4.78 is 5.31. The van der Waals surface area contributed by atoms with Gasteiger partial charge in [-0.2, -0.15) is 0 Å². The Bertz CT molecular complexity index is 1290. The van der Waals surface area contributed by atoms with Crippen LogP contribution in [0.25, 0.3) is 21.6 Å². The maximum absolute atomic E-state index is 5.31. The van der Waals surface area contributed by atoms with Crippen LogP contribution >= 0.6 is 11.3 Å². The highest BCUT2D eigenvalue weighted by molar-refractivity contribution is 7.19. The number of thiophene rings is 1. The second-order valence-corrected chi connectivity index (χ2v) is 10.2. The Morgan fingerprint density at radius 2 is 1.88 bits per heavy atom. The van der Waals surface area contributed by atoms with Crippen molar-refractivity contribution in [1.82, 2.24) is 19.9 Å². The van der Waals surface area contributed by atoms with Crippen molar-refractivity contribution < 1.29 is 4.74 Å². The highest BCUT2D eigenvalue weighted by Gasteiger charge is 2.26. The molecule has 4 aromatic rings. The standard InChI is InChI=1S/C27H29N5OS/c1-33-21-10-8-19(9-11-21)18-31-13-4-14-32(16-15-31)26-24-22-6-2-7-23(22)34-27(24)30-25(29-26)20-5-3-12-28-17-20/h3,5,8-12,17H,2,4,6-7,13-16,18H2,1H3. The van der Waals surface area contributed by atoms with E-state index in [9.17, 15) is 0 Å². The van der Waals surface area contributed by atoms with Crippen LogP contribution in [-0.2, 0) is 19.4 Å². The first-order chi connectivity index (χ1) is 16.8. The molecule has 1 fully saturated rings. The number of fused-ring (bicyclic) bond motifs is 3. The van der Waals surface area contributed by atoms with E-state index in [-0.39, 0.29) is 0 Å². The van der Waals surface area contributed by atoms with Gasteiger partial charge in [0, 0.05) is 55.6 Å². The minimum atomic E-state index is 0.787. The number of benzene rings is 1. The second kappa shape index (κ2) is 9.31. The van der Waals surface area contributed by atoms with E-state index < -0.39 is 0 Å². The molecule has 7 heteroatoms. The van der Waals surface area contributed by atoms with E-state index in [2.05, 4.69) is 33.0 Å². The van der Waals surface area contributed by atoms with E-state index >= 15 is 0 Å². The molecule has 1 aliphatic carbocycles. The molecule has 0 radical (unpaired) electrons. The Kier molecular flexibility index (Phi) is 5.89. The van der Waals surface area contributed by atoms with Gasteiger partial charge in [0.2, 0.25) is 0 Å². The summed E-state index contributed by atoms with van der Waals surface area (Å²) in [6.07, 6.45) is 8.36. The van der Waals surface area contributed by atoms with Gasteiger partial charge >= 0.3 is 0 Å². The lowest BCUT2D eigenvalue weighted by atomic mass is 10.1. The first-order valence-corrected chi connectivity index (χ1v) is 12.9. The molecular formula is C27H29N5OS. The predicted octanol–water partition coefficient (Wildman–Crippen LogP) is 4.96. The van der Waals surface area contributed by atoms with E-state index in [0.717, 1.165) is 73.4 Å². The summed E-state index contributed by atoms with van der Waals surface area (Å²) in [5.41, 5.74) is 3.80. The predicted molar refractivity (Wildman–Crippen MR) is 138 cm³/mol. The zero-order chi connectivity index (χ0) is 22.9. The fourth-order valence-corrected chi connectivity index (χ4v) is 6.42. The molecule has 6 nitrogen and oxygen atoms in total. The van der Waals surface area contributed by atoms with Crippen molar-refractivity contribution in [3.8, 4) is 17.1 Å². The van der Waals surface area contributed by atoms with Crippen LogP contribution in [0.1, 0.15) is 28.8 Å². The average Bonchev–Trinajstić information content (AvgIpc) is 3.39. The van der Waals surface area contributed by atoms with Crippen LogP contribution in [0.15, 0.2) is 48.8 Å². The molecular weight excluding hydrogens is 442 g/mol. The van der Waals surface area contributed by atoms with Gasteiger partial charge in [0.1, 0.15) is 16.4 Å². The molecule has 34 heavy (non-hydrogen) atoms. The molecule has 1 saturated heterocycles. The maximum Gasteiger partial charge on any atom is 0.164 e. The topological polar surface area (TPSA) is 54.4 Å². The molecule has 0 bridgehead atoms. The SMILES string of the molecule is COc1ccc(CN2CCCN(c3nc(-c4cccnc4)nc4sc5c(c34)CCC5)CC2)cc1. The summed E-state index contributed by atoms with van der Waals surface area (Å²) >= 11 is 1.87. The summed E-state index contributed by atoms with van der Waals surface area (Å²) in [5, 5.41) is 1.30. The summed E-state index contributed by atoms with van der Waals surface area (Å²) in [7, 11) is 1.71. The molecule has 174 valence electrons. The normalized spacial score (nSPS) is 16.6. The third-order valence-corrected chi connectivity index (χ3v) is 8.10. The Hall–Kier alpha value is -3.03. The molecule has 2 aliphatic rings. The molecule has 0 unspecified atom stereocenters. The third kappa shape index (κ3) is 4.14. The molecule has 0 N–H and O–H groups in total. The maximum atomic E-state index is 5.31. The van der Waals surface area contributed by atoms with Crippen molar-refractivity contribution in [2.75, 3.05) is 38.2 Å². The van der Waals surface area contributed by atoms with Gasteiger partial charge in [-0.15, -0.1) is 11.3 Å². The summed E-state index contributed by atoms with van der Waals surface area (Å²) in [4.78, 5) is 22.2. The molecule has 0 spiro atoms. The lowest BCUT2D eigenvalue weighted by Gasteiger charge is -2.24. The number of ether oxygens (including phenoxy) is 1. The molecule has 3 aromatic heterocycles. The Balaban J connectivity index is 1.30. The van der Waals surface area contributed by atoms with Gasteiger partial charge in [-0.3, -0.25) is 9.88 Å². The van der Waals surface area contributed by atoms with Crippen molar-refractivity contribution in [3.63, 3.8) is 0 Å². The van der Waals surface area contributed by atoms with Crippen LogP contribution in [0.3, 0.4) is 0 Å². The first kappa shape index (κ1) is 21.5. The van der Waals surface area contributed by atoms with Crippen molar-refractivity contribution >= 4 is 27.4 Å². The lowest BCUT2D eigenvalue weighted by Crippen LogP contribution is -2.31. The Labute approximate surface area is 204 Å². The van der Waals surface area contributed by atoms with Crippen molar-refractivity contribution in [1.29, 1.82) is 0 Å². The highest BCUT2D eigenvalue weighted by Crippen LogP contribution is 2.41. The molecule has 1 aliphatic heterocycles. The quantitative estimate of drug-likeness (QED) is 0.410. The molecule has 0 saturated carbocycles. The number of pyridine rings is 1. The Morgan fingerprint density at radius 1 is 0.971 bits per heavy atom. The average molecular weight is 472 g/mol. The molecule has 0 amide bonds. The first-order valence-electron chi connectivity index (χ1n) is 12.1. The fraction of sp³-hybridized carbons (Fsp3) is 0.370. The summed E-state index contributed by atoms with van der Waals surface area (Å²) in [5.74, 6) is 2.82. The summed E-state index contributed by atoms with van der Waals surface area (Å²) in [6, 6.07) is 12.5. The van der Waals surface area contributed by atoms with Crippen molar-refractivity contribution in [3.05, 3.63) is 64.8 Å². The van der Waals surface area contributed by atoms with Gasteiger partial charge in [0.25, 0.3) is 0 Å². The van der Waals surface area contributed by atoms with Crippen LogP contribution in [0.2, 0.25) is 0 Å². The van der Waals surface area contributed by atoms with E-state index in [4.69, 9.17) is 14.7 Å². The molecule has 4 heterocycles. The number of aromatic nitrogens is 3. The molecule has 6 rings (SSSR count). The second-order valence-electron chi connectivity index (χ2n) is 9.11. The van der Waals surface area contributed by atoms with Crippen molar-refractivity contribution in [2.24, 2.45) is 0 Å². The van der Waals surface area contributed by atoms with Gasteiger partial charge in [0.05, 0.1) is 12.5 Å². The van der Waals surface area contributed by atoms with Gasteiger partial charge < -0.3 is 9.64 Å². The van der Waals surface area contributed by atoms with Crippen LogP contribution in [-0.4, -0.2) is 53.1 Å². The van der Waals surface area contributed by atoms with Gasteiger partial charge in [-0.25, -0.2) is 9.97 Å². The number of methoxy groups -OCH3 is 1. The minimum absolute atomic E-state index is 0.787. The van der Waals surface area contributed by atoms with Gasteiger partial charge in [-0.1, -0.05) is 12.1 Å². The van der Waals surface area contributed by atoms with Crippen molar-refractivity contribution in [2.45, 2.75) is 32.2 Å². The number of aryl methyl sites for hydroxylation is 2. The third-order valence-electron chi connectivity index (χ3n) is 6.92. The smallest absolute Gasteiger partial charge is 0.164 e. The molecule has 1 aromatic carbocycles. The van der Waals surface area contributed by atoms with E-state index in [0.29, 0.717) is 0 Å². The number of hydrogen-bond donors (Lipinski definition) is 0. The zero-order valence-electron chi connectivity index (χ0n) is 19.5. The number of anilines is 1. The van der Waals surface area contributed by atoms with Crippen LogP contribution in [0.5, 0.6) is 5.75 Å². The largest absolute Gasteiger partial charge is 0.497 e. The number of rotatable bonds is 5. The van der Waals surface area contributed by atoms with Crippen LogP contribution < -0.4 is 9.64 Å². The van der Waals surface area contributed by atoms with Crippen LogP contribution in [0.4, 0.5) is 5.82 Å². The monoisotopic (exact) mass is 471 g/mol. The van der Waals surface area contributed by atoms with E-state index in [1.807, 2.05) is 35.7 Å². The minimum Gasteiger partial charge on any atom is -0.497 e. The van der Waals surface area contributed by atoms with Crippen LogP contribution in [0, 0.1) is 0 Å². The highest BCUT2D eigenvalue weighted by atomic mass is 32.1. The van der Waals surface area contributed by atoms with Gasteiger partial charge in [0.15, 0.2) is 5.82 Å². The lowest BCUT2D eigenvalue weighted by molar-refractivity contribution is 0.285. The number of hydrogen-bond acceptors (Lipinski definition) is 7.